The Balaban J connectivity index is 1.85. The molecule has 0 heterocycles. The minimum Gasteiger partial charge on any atom is -0.388 e. The summed E-state index contributed by atoms with van der Waals surface area (Å²) in [7, 11) is 0. The van der Waals surface area contributed by atoms with Crippen LogP contribution in [0.25, 0.3) is 0 Å². The van der Waals surface area contributed by atoms with E-state index < -0.39 is 6.10 Å². The Labute approximate surface area is 118 Å². The molecule has 0 bridgehead atoms. The van der Waals surface area contributed by atoms with Crippen LogP contribution in [0.4, 0.5) is 0 Å². The molecule has 0 unspecified atom stereocenters. The van der Waals surface area contributed by atoms with Gasteiger partial charge in [-0.2, -0.15) is 0 Å². The second-order valence-electron chi connectivity index (χ2n) is 5.83. The Morgan fingerprint density at radius 3 is 1.95 bits per heavy atom. The average molecular weight is 266 g/mol. The Morgan fingerprint density at radius 1 is 0.947 bits per heavy atom. The third kappa shape index (κ3) is 6.91. The fourth-order valence-corrected chi connectivity index (χ4v) is 2.78. The maximum atomic E-state index is 11.4. The number of carbonyl (C=O) groups excluding carboxylic acids is 1. The number of ketones is 1. The van der Waals surface area contributed by atoms with Crippen LogP contribution in [-0.4, -0.2) is 17.0 Å². The second-order valence-corrected chi connectivity index (χ2v) is 5.83. The van der Waals surface area contributed by atoms with Crippen molar-refractivity contribution in [3.8, 4) is 0 Å². The summed E-state index contributed by atoms with van der Waals surface area (Å²) in [4.78, 5) is 11.4. The molecule has 0 aliphatic heterocycles. The van der Waals surface area contributed by atoms with Crippen molar-refractivity contribution in [1.29, 1.82) is 0 Å². The first kappa shape index (κ1) is 16.4. The van der Waals surface area contributed by atoms with Crippen molar-refractivity contribution in [2.75, 3.05) is 0 Å². The molecule has 0 aromatic carbocycles. The SMILES string of the molecule is CCCCCCCCCCCC[C@H]1C(=O)C=C[C@@H]1O. The van der Waals surface area contributed by atoms with Crippen molar-refractivity contribution in [3.63, 3.8) is 0 Å². The van der Waals surface area contributed by atoms with Crippen LogP contribution < -0.4 is 0 Å². The molecule has 1 aliphatic carbocycles. The fraction of sp³-hybridized carbons (Fsp3) is 0.824. The zero-order valence-corrected chi connectivity index (χ0v) is 12.4. The standard InChI is InChI=1S/C17H30O2/c1-2-3-4-5-6-7-8-9-10-11-12-15-16(18)13-14-17(15)19/h13-16,18H,2-12H2,1H3/t15-,16+/m1/s1. The highest BCUT2D eigenvalue weighted by Crippen LogP contribution is 2.22. The first-order valence-electron chi connectivity index (χ1n) is 8.16. The van der Waals surface area contributed by atoms with Gasteiger partial charge < -0.3 is 5.11 Å². The fourth-order valence-electron chi connectivity index (χ4n) is 2.78. The molecule has 2 atom stereocenters. The summed E-state index contributed by atoms with van der Waals surface area (Å²) in [6.45, 7) is 2.25. The molecular formula is C17H30O2. The maximum Gasteiger partial charge on any atom is 0.161 e. The highest BCUT2D eigenvalue weighted by molar-refractivity contribution is 5.94. The zero-order valence-electron chi connectivity index (χ0n) is 12.4. The van der Waals surface area contributed by atoms with Gasteiger partial charge in [0.1, 0.15) is 0 Å². The van der Waals surface area contributed by atoms with E-state index in [0.717, 1.165) is 12.8 Å². The van der Waals surface area contributed by atoms with E-state index in [1.54, 1.807) is 6.08 Å². The van der Waals surface area contributed by atoms with Crippen molar-refractivity contribution in [1.82, 2.24) is 0 Å². The van der Waals surface area contributed by atoms with Gasteiger partial charge in [-0.25, -0.2) is 0 Å². The number of rotatable bonds is 11. The van der Waals surface area contributed by atoms with Crippen LogP contribution in [0.15, 0.2) is 12.2 Å². The molecule has 1 rings (SSSR count). The zero-order chi connectivity index (χ0) is 13.9. The highest BCUT2D eigenvalue weighted by atomic mass is 16.3. The van der Waals surface area contributed by atoms with E-state index in [1.165, 1.54) is 63.9 Å². The van der Waals surface area contributed by atoms with Gasteiger partial charge in [-0.15, -0.1) is 0 Å². The summed E-state index contributed by atoms with van der Waals surface area (Å²) in [5.74, 6) is -0.0301. The Bertz CT molecular complexity index is 270. The van der Waals surface area contributed by atoms with Gasteiger partial charge in [-0.3, -0.25) is 4.79 Å². The normalized spacial score (nSPS) is 22.3. The molecule has 2 heteroatoms. The number of aliphatic hydroxyl groups excluding tert-OH is 1. The molecule has 1 aliphatic rings. The lowest BCUT2D eigenvalue weighted by Crippen LogP contribution is -2.19. The van der Waals surface area contributed by atoms with E-state index in [0.29, 0.717) is 0 Å². The van der Waals surface area contributed by atoms with Gasteiger partial charge in [-0.05, 0) is 12.5 Å². The molecule has 0 fully saturated rings. The molecule has 0 radical (unpaired) electrons. The van der Waals surface area contributed by atoms with Gasteiger partial charge in [0, 0.05) is 0 Å². The molecule has 1 N–H and O–H groups in total. The molecule has 0 aromatic rings. The van der Waals surface area contributed by atoms with Gasteiger partial charge >= 0.3 is 0 Å². The van der Waals surface area contributed by atoms with Gasteiger partial charge in [0.05, 0.1) is 12.0 Å². The summed E-state index contributed by atoms with van der Waals surface area (Å²) in [6, 6.07) is 0. The topological polar surface area (TPSA) is 37.3 Å². The Kier molecular flexibility index (Phi) is 8.81. The number of aliphatic hydroxyl groups is 1. The molecule has 0 saturated heterocycles. The van der Waals surface area contributed by atoms with Crippen LogP contribution in [0.2, 0.25) is 0 Å². The van der Waals surface area contributed by atoms with E-state index in [4.69, 9.17) is 0 Å². The summed E-state index contributed by atoms with van der Waals surface area (Å²) >= 11 is 0. The van der Waals surface area contributed by atoms with Crippen LogP contribution in [0.5, 0.6) is 0 Å². The maximum absolute atomic E-state index is 11.4. The summed E-state index contributed by atoms with van der Waals surface area (Å²) in [6.07, 6.45) is 16.6. The number of hydrogen-bond donors (Lipinski definition) is 1. The predicted octanol–water partition coefficient (Wildman–Crippen LogP) is 4.41. The number of carbonyl (C=O) groups is 1. The lowest BCUT2D eigenvalue weighted by molar-refractivity contribution is -0.119. The van der Waals surface area contributed by atoms with Crippen LogP contribution in [0.1, 0.15) is 77.6 Å². The summed E-state index contributed by atoms with van der Waals surface area (Å²) in [5.41, 5.74) is 0. The Morgan fingerprint density at radius 2 is 1.47 bits per heavy atom. The van der Waals surface area contributed by atoms with Gasteiger partial charge in [0.25, 0.3) is 0 Å². The van der Waals surface area contributed by atoms with Gasteiger partial charge in [0.2, 0.25) is 0 Å². The largest absolute Gasteiger partial charge is 0.388 e. The predicted molar refractivity (Wildman–Crippen MR) is 80.1 cm³/mol. The second kappa shape index (κ2) is 10.2. The third-order valence-corrected chi connectivity index (χ3v) is 4.10. The van der Waals surface area contributed by atoms with Crippen molar-refractivity contribution < 1.29 is 9.90 Å². The van der Waals surface area contributed by atoms with Crippen LogP contribution in [0.3, 0.4) is 0 Å². The van der Waals surface area contributed by atoms with Crippen LogP contribution >= 0.6 is 0 Å². The summed E-state index contributed by atoms with van der Waals surface area (Å²) in [5, 5.41) is 9.60. The van der Waals surface area contributed by atoms with Gasteiger partial charge in [0.15, 0.2) is 5.78 Å². The molecular weight excluding hydrogens is 236 g/mol. The van der Waals surface area contributed by atoms with Crippen molar-refractivity contribution >= 4 is 5.78 Å². The molecule has 0 spiro atoms. The third-order valence-electron chi connectivity index (χ3n) is 4.10. The van der Waals surface area contributed by atoms with E-state index in [9.17, 15) is 9.90 Å². The smallest absolute Gasteiger partial charge is 0.161 e. The quantitative estimate of drug-likeness (QED) is 0.562. The number of unbranched alkanes of at least 4 members (excludes halogenated alkanes) is 9. The van der Waals surface area contributed by atoms with E-state index >= 15 is 0 Å². The van der Waals surface area contributed by atoms with Crippen LogP contribution in [-0.2, 0) is 4.79 Å². The molecule has 0 saturated carbocycles. The minimum absolute atomic E-state index is 0.114. The molecule has 110 valence electrons. The molecule has 0 aromatic heterocycles. The first-order chi connectivity index (χ1) is 9.25. The van der Waals surface area contributed by atoms with E-state index in [1.807, 2.05) is 0 Å². The van der Waals surface area contributed by atoms with Gasteiger partial charge in [-0.1, -0.05) is 77.2 Å². The number of allylic oxidation sites excluding steroid dienone is 1. The monoisotopic (exact) mass is 266 g/mol. The van der Waals surface area contributed by atoms with Crippen molar-refractivity contribution in [2.24, 2.45) is 5.92 Å². The highest BCUT2D eigenvalue weighted by Gasteiger charge is 2.27. The molecule has 0 amide bonds. The first-order valence-corrected chi connectivity index (χ1v) is 8.16. The lowest BCUT2D eigenvalue weighted by atomic mass is 9.95. The van der Waals surface area contributed by atoms with E-state index in [-0.39, 0.29) is 11.7 Å². The Hall–Kier alpha value is -0.630. The van der Waals surface area contributed by atoms with Crippen LogP contribution in [0, 0.1) is 5.92 Å². The molecule has 2 nitrogen and oxygen atoms in total. The molecule has 19 heavy (non-hydrogen) atoms. The van der Waals surface area contributed by atoms with E-state index in [2.05, 4.69) is 6.92 Å². The average Bonchev–Trinajstić information content (AvgIpc) is 2.72. The lowest BCUT2D eigenvalue weighted by Gasteiger charge is -2.12. The number of hydrogen-bond acceptors (Lipinski definition) is 2. The van der Waals surface area contributed by atoms with Crippen molar-refractivity contribution in [2.45, 2.75) is 83.7 Å². The van der Waals surface area contributed by atoms with Crippen molar-refractivity contribution in [3.05, 3.63) is 12.2 Å². The minimum atomic E-state index is -0.522. The summed E-state index contributed by atoms with van der Waals surface area (Å²) < 4.78 is 0.